The minimum atomic E-state index is -0.774. The molecule has 0 bridgehead atoms. The Morgan fingerprint density at radius 2 is 1.94 bits per heavy atom. The van der Waals surface area contributed by atoms with E-state index in [0.717, 1.165) is 19.4 Å². The van der Waals surface area contributed by atoms with Crippen LogP contribution in [0.15, 0.2) is 0 Å². The van der Waals surface area contributed by atoms with Crippen molar-refractivity contribution in [3.05, 3.63) is 0 Å². The summed E-state index contributed by atoms with van der Waals surface area (Å²) in [4.78, 5) is 11.5. The zero-order valence-electron chi connectivity index (χ0n) is 11.4. The largest absolute Gasteiger partial charge is 0.354 e. The Morgan fingerprint density at radius 3 is 2.47 bits per heavy atom. The Balaban J connectivity index is 3.53. The Labute approximate surface area is 107 Å². The number of hydrogen-bond acceptors (Lipinski definition) is 3. The molecular formula is C12H26N2O2S. The van der Waals surface area contributed by atoms with Crippen molar-refractivity contribution in [2.75, 3.05) is 18.6 Å². The zero-order chi connectivity index (χ0) is 13.3. The highest BCUT2D eigenvalue weighted by atomic mass is 32.2. The lowest BCUT2D eigenvalue weighted by Crippen LogP contribution is -2.34. The Hall–Kier alpha value is -0.420. The van der Waals surface area contributed by atoms with E-state index in [9.17, 15) is 9.00 Å². The molecule has 0 heterocycles. The highest BCUT2D eigenvalue weighted by Gasteiger charge is 2.07. The predicted octanol–water partition coefficient (Wildman–Crippen LogP) is 1.04. The molecule has 0 spiro atoms. The van der Waals surface area contributed by atoms with Gasteiger partial charge in [-0.05, 0) is 26.3 Å². The molecule has 17 heavy (non-hydrogen) atoms. The minimum absolute atomic E-state index is 0.0879. The van der Waals surface area contributed by atoms with Gasteiger partial charge in [0, 0.05) is 41.3 Å². The van der Waals surface area contributed by atoms with E-state index in [1.807, 2.05) is 6.92 Å². The first-order chi connectivity index (χ1) is 7.91. The summed E-state index contributed by atoms with van der Waals surface area (Å²) in [6, 6.07) is 0.584. The molecular weight excluding hydrogens is 236 g/mol. The zero-order valence-corrected chi connectivity index (χ0v) is 12.2. The number of amides is 1. The summed E-state index contributed by atoms with van der Waals surface area (Å²) in [5, 5.41) is 6.20. The summed E-state index contributed by atoms with van der Waals surface area (Å²) < 4.78 is 10.9. The van der Waals surface area contributed by atoms with E-state index in [2.05, 4.69) is 24.5 Å². The van der Waals surface area contributed by atoms with E-state index in [1.165, 1.54) is 0 Å². The van der Waals surface area contributed by atoms with Gasteiger partial charge in [0.25, 0.3) is 0 Å². The van der Waals surface area contributed by atoms with Crippen molar-refractivity contribution in [2.24, 2.45) is 0 Å². The number of carbonyl (C=O) groups excluding carboxylic acids is 1. The molecule has 102 valence electrons. The third-order valence-corrected chi connectivity index (χ3v) is 3.19. The van der Waals surface area contributed by atoms with Crippen molar-refractivity contribution in [3.63, 3.8) is 0 Å². The number of hydrogen-bond donors (Lipinski definition) is 2. The summed E-state index contributed by atoms with van der Waals surface area (Å²) >= 11 is 0. The highest BCUT2D eigenvalue weighted by Crippen LogP contribution is 1.95. The topological polar surface area (TPSA) is 58.2 Å². The van der Waals surface area contributed by atoms with Crippen molar-refractivity contribution in [2.45, 2.75) is 52.1 Å². The van der Waals surface area contributed by atoms with Crippen LogP contribution in [0.2, 0.25) is 0 Å². The van der Waals surface area contributed by atoms with E-state index < -0.39 is 10.8 Å². The van der Waals surface area contributed by atoms with E-state index in [4.69, 9.17) is 0 Å². The fraction of sp³-hybridized carbons (Fsp3) is 0.917. The second-order valence-electron chi connectivity index (χ2n) is 4.75. The molecule has 2 atom stereocenters. The van der Waals surface area contributed by atoms with Crippen LogP contribution in [0.1, 0.15) is 40.0 Å². The molecule has 2 N–H and O–H groups in total. The molecule has 4 nitrogen and oxygen atoms in total. The lowest BCUT2D eigenvalue weighted by molar-refractivity contribution is -0.121. The van der Waals surface area contributed by atoms with Gasteiger partial charge >= 0.3 is 0 Å². The molecule has 0 aliphatic rings. The SMILES string of the molecule is CC(C)NCCCC(=O)NC(C)CCS(C)=O. The average Bonchev–Trinajstić information content (AvgIpc) is 2.21. The molecule has 0 aromatic heterocycles. The summed E-state index contributed by atoms with van der Waals surface area (Å²) in [7, 11) is -0.774. The van der Waals surface area contributed by atoms with Gasteiger partial charge in [-0.2, -0.15) is 0 Å². The molecule has 0 aliphatic heterocycles. The van der Waals surface area contributed by atoms with Gasteiger partial charge in [0.1, 0.15) is 0 Å². The first-order valence-corrected chi connectivity index (χ1v) is 7.97. The van der Waals surface area contributed by atoms with E-state index in [0.29, 0.717) is 18.2 Å². The molecule has 0 saturated heterocycles. The van der Waals surface area contributed by atoms with Crippen LogP contribution < -0.4 is 10.6 Å². The number of rotatable bonds is 9. The van der Waals surface area contributed by atoms with Crippen LogP contribution in [-0.2, 0) is 15.6 Å². The molecule has 5 heteroatoms. The molecule has 0 aliphatic carbocycles. The maximum atomic E-state index is 11.5. The Kier molecular flexibility index (Phi) is 9.36. The second kappa shape index (κ2) is 9.59. The molecule has 0 saturated carbocycles. The first-order valence-electron chi connectivity index (χ1n) is 6.24. The van der Waals surface area contributed by atoms with Crippen LogP contribution in [-0.4, -0.2) is 40.8 Å². The Morgan fingerprint density at radius 1 is 1.29 bits per heavy atom. The monoisotopic (exact) mass is 262 g/mol. The van der Waals surface area contributed by atoms with E-state index >= 15 is 0 Å². The molecule has 0 aromatic carbocycles. The van der Waals surface area contributed by atoms with Crippen LogP contribution in [0.5, 0.6) is 0 Å². The van der Waals surface area contributed by atoms with Crippen LogP contribution in [0.25, 0.3) is 0 Å². The molecule has 2 unspecified atom stereocenters. The summed E-state index contributed by atoms with van der Waals surface area (Å²) in [6.45, 7) is 7.01. The predicted molar refractivity (Wildman–Crippen MR) is 73.5 cm³/mol. The van der Waals surface area contributed by atoms with E-state index in [1.54, 1.807) is 6.26 Å². The third kappa shape index (κ3) is 11.8. The summed E-state index contributed by atoms with van der Waals surface area (Å²) in [5.41, 5.74) is 0. The third-order valence-electron chi connectivity index (χ3n) is 2.38. The summed E-state index contributed by atoms with van der Waals surface area (Å²) in [6.07, 6.45) is 3.88. The molecule has 0 fully saturated rings. The second-order valence-corrected chi connectivity index (χ2v) is 6.30. The van der Waals surface area contributed by atoms with Gasteiger partial charge in [0.2, 0.25) is 5.91 Å². The van der Waals surface area contributed by atoms with Crippen molar-refractivity contribution in [3.8, 4) is 0 Å². The standard InChI is InChI=1S/C12H26N2O2S/c1-10(2)13-8-5-6-12(15)14-11(3)7-9-17(4)16/h10-11,13H,5-9H2,1-4H3,(H,14,15). The van der Waals surface area contributed by atoms with E-state index in [-0.39, 0.29) is 11.9 Å². The van der Waals surface area contributed by atoms with Gasteiger partial charge in [0.15, 0.2) is 0 Å². The normalized spacial score (nSPS) is 14.6. The molecule has 1 amide bonds. The minimum Gasteiger partial charge on any atom is -0.354 e. The van der Waals surface area contributed by atoms with Crippen LogP contribution in [0, 0.1) is 0 Å². The quantitative estimate of drug-likeness (QED) is 0.610. The molecule has 0 aromatic rings. The van der Waals surface area contributed by atoms with Crippen LogP contribution in [0.3, 0.4) is 0 Å². The first kappa shape index (κ1) is 16.6. The van der Waals surface area contributed by atoms with Gasteiger partial charge in [-0.3, -0.25) is 9.00 Å². The summed E-state index contributed by atoms with van der Waals surface area (Å²) in [5.74, 6) is 0.737. The van der Waals surface area contributed by atoms with Crippen LogP contribution >= 0.6 is 0 Å². The number of carbonyl (C=O) groups is 1. The van der Waals surface area contributed by atoms with Gasteiger partial charge in [-0.25, -0.2) is 0 Å². The maximum Gasteiger partial charge on any atom is 0.220 e. The van der Waals surface area contributed by atoms with Crippen molar-refractivity contribution in [1.82, 2.24) is 10.6 Å². The van der Waals surface area contributed by atoms with Crippen molar-refractivity contribution < 1.29 is 9.00 Å². The van der Waals surface area contributed by atoms with Gasteiger partial charge < -0.3 is 10.6 Å². The maximum absolute atomic E-state index is 11.5. The fourth-order valence-corrected chi connectivity index (χ4v) is 2.09. The Bertz CT molecular complexity index is 245. The fourth-order valence-electron chi connectivity index (χ4n) is 1.40. The van der Waals surface area contributed by atoms with Crippen LogP contribution in [0.4, 0.5) is 0 Å². The highest BCUT2D eigenvalue weighted by molar-refractivity contribution is 7.84. The average molecular weight is 262 g/mol. The molecule has 0 rings (SSSR count). The van der Waals surface area contributed by atoms with Crippen molar-refractivity contribution >= 4 is 16.7 Å². The lowest BCUT2D eigenvalue weighted by atomic mass is 10.2. The molecule has 0 radical (unpaired) electrons. The number of nitrogens with one attached hydrogen (secondary N) is 2. The van der Waals surface area contributed by atoms with Crippen molar-refractivity contribution in [1.29, 1.82) is 0 Å². The van der Waals surface area contributed by atoms with Gasteiger partial charge in [-0.15, -0.1) is 0 Å². The smallest absolute Gasteiger partial charge is 0.220 e. The lowest BCUT2D eigenvalue weighted by Gasteiger charge is -2.13. The van der Waals surface area contributed by atoms with Gasteiger partial charge in [0.05, 0.1) is 0 Å². The van der Waals surface area contributed by atoms with Gasteiger partial charge in [-0.1, -0.05) is 13.8 Å².